The zero-order valence-corrected chi connectivity index (χ0v) is 11.3. The number of benzene rings is 1. The van der Waals surface area contributed by atoms with Gasteiger partial charge in [0, 0.05) is 13.1 Å². The number of carboxylic acid groups (broad SMARTS) is 1. The summed E-state index contributed by atoms with van der Waals surface area (Å²) in [5, 5.41) is 27.5. The van der Waals surface area contributed by atoms with Crippen LogP contribution in [0.3, 0.4) is 0 Å². The van der Waals surface area contributed by atoms with Gasteiger partial charge in [0.05, 0.1) is 23.5 Å². The van der Waals surface area contributed by atoms with Gasteiger partial charge in [-0.25, -0.2) is 13.2 Å². The standard InChI is InChI=1S/C12H15NO6S/c14-10-5-13(6-11(10)15)20(18,19)7-8-1-3-9(4-2-8)12(16)17/h1-4,10-11,14-15H,5-7H2,(H,16,17). The van der Waals surface area contributed by atoms with Crippen molar-refractivity contribution < 1.29 is 28.5 Å². The molecule has 1 aromatic carbocycles. The van der Waals surface area contributed by atoms with Crippen molar-refractivity contribution in [3.05, 3.63) is 35.4 Å². The smallest absolute Gasteiger partial charge is 0.335 e. The normalized spacial score (nSPS) is 23.9. The lowest BCUT2D eigenvalue weighted by atomic mass is 10.1. The van der Waals surface area contributed by atoms with E-state index >= 15 is 0 Å². The summed E-state index contributed by atoms with van der Waals surface area (Å²) < 4.78 is 25.2. The summed E-state index contributed by atoms with van der Waals surface area (Å²) in [6, 6.07) is 5.54. The number of rotatable bonds is 4. The van der Waals surface area contributed by atoms with Crippen molar-refractivity contribution in [3.8, 4) is 0 Å². The predicted octanol–water partition coefficient (Wildman–Crippen LogP) is -0.748. The Balaban J connectivity index is 2.10. The summed E-state index contributed by atoms with van der Waals surface area (Å²) in [7, 11) is -3.65. The van der Waals surface area contributed by atoms with Gasteiger partial charge < -0.3 is 15.3 Å². The maximum atomic E-state index is 12.1. The Kier molecular flexibility index (Phi) is 4.09. The third kappa shape index (κ3) is 3.15. The summed E-state index contributed by atoms with van der Waals surface area (Å²) in [6.45, 7) is -0.257. The molecule has 1 aromatic rings. The van der Waals surface area contributed by atoms with E-state index in [1.165, 1.54) is 24.3 Å². The Morgan fingerprint density at radius 2 is 1.65 bits per heavy atom. The molecular formula is C12H15NO6S. The lowest BCUT2D eigenvalue weighted by Gasteiger charge is -2.15. The van der Waals surface area contributed by atoms with Crippen LogP contribution in [0.2, 0.25) is 0 Å². The first-order chi connectivity index (χ1) is 9.29. The maximum Gasteiger partial charge on any atom is 0.335 e. The molecule has 2 atom stereocenters. The molecular weight excluding hydrogens is 286 g/mol. The van der Waals surface area contributed by atoms with Gasteiger partial charge in [0.2, 0.25) is 10.0 Å². The maximum absolute atomic E-state index is 12.1. The van der Waals surface area contributed by atoms with Crippen molar-refractivity contribution >= 4 is 16.0 Å². The van der Waals surface area contributed by atoms with E-state index in [9.17, 15) is 23.4 Å². The highest BCUT2D eigenvalue weighted by atomic mass is 32.2. The minimum atomic E-state index is -3.65. The van der Waals surface area contributed by atoms with Crippen molar-refractivity contribution in [2.75, 3.05) is 13.1 Å². The Morgan fingerprint density at radius 1 is 1.15 bits per heavy atom. The van der Waals surface area contributed by atoms with Crippen LogP contribution >= 0.6 is 0 Å². The van der Waals surface area contributed by atoms with Crippen molar-refractivity contribution in [1.82, 2.24) is 4.31 Å². The topological polar surface area (TPSA) is 115 Å². The first kappa shape index (κ1) is 14.9. The zero-order valence-electron chi connectivity index (χ0n) is 10.5. The average molecular weight is 301 g/mol. The fourth-order valence-corrected chi connectivity index (χ4v) is 3.56. The number of aliphatic hydroxyl groups excluding tert-OH is 2. The number of aliphatic hydroxyl groups is 2. The van der Waals surface area contributed by atoms with Gasteiger partial charge in [-0.1, -0.05) is 12.1 Å². The van der Waals surface area contributed by atoms with Gasteiger partial charge in [-0.3, -0.25) is 0 Å². The molecule has 1 aliphatic rings. The monoisotopic (exact) mass is 301 g/mol. The SMILES string of the molecule is O=C(O)c1ccc(CS(=O)(=O)N2CC(O)C(O)C2)cc1. The van der Waals surface area contributed by atoms with Gasteiger partial charge in [0.15, 0.2) is 0 Å². The summed E-state index contributed by atoms with van der Waals surface area (Å²) in [5.74, 6) is -1.38. The molecule has 110 valence electrons. The Labute approximate surface area is 116 Å². The molecule has 1 fully saturated rings. The highest BCUT2D eigenvalue weighted by Crippen LogP contribution is 2.18. The molecule has 3 N–H and O–H groups in total. The molecule has 0 amide bonds. The van der Waals surface area contributed by atoms with E-state index in [1.807, 2.05) is 0 Å². The van der Waals surface area contributed by atoms with Crippen molar-refractivity contribution in [2.24, 2.45) is 0 Å². The van der Waals surface area contributed by atoms with Crippen molar-refractivity contribution in [1.29, 1.82) is 0 Å². The largest absolute Gasteiger partial charge is 0.478 e. The molecule has 1 heterocycles. The van der Waals surface area contributed by atoms with E-state index in [0.717, 1.165) is 4.31 Å². The van der Waals surface area contributed by atoms with Crippen LogP contribution in [0.1, 0.15) is 15.9 Å². The fourth-order valence-electron chi connectivity index (χ4n) is 2.01. The van der Waals surface area contributed by atoms with Gasteiger partial charge in [-0.05, 0) is 17.7 Å². The number of sulfonamides is 1. The highest BCUT2D eigenvalue weighted by Gasteiger charge is 2.36. The van der Waals surface area contributed by atoms with E-state index in [1.54, 1.807) is 0 Å². The van der Waals surface area contributed by atoms with Crippen LogP contribution < -0.4 is 0 Å². The molecule has 0 bridgehead atoms. The van der Waals surface area contributed by atoms with Crippen LogP contribution in [0.15, 0.2) is 24.3 Å². The number of carboxylic acids is 1. The fraction of sp³-hybridized carbons (Fsp3) is 0.417. The lowest BCUT2D eigenvalue weighted by molar-refractivity contribution is 0.0572. The molecule has 20 heavy (non-hydrogen) atoms. The first-order valence-corrected chi connectivity index (χ1v) is 7.57. The van der Waals surface area contributed by atoms with E-state index in [2.05, 4.69) is 0 Å². The van der Waals surface area contributed by atoms with Gasteiger partial charge in [0.25, 0.3) is 0 Å². The third-order valence-electron chi connectivity index (χ3n) is 3.17. The molecule has 1 aliphatic heterocycles. The van der Waals surface area contributed by atoms with Crippen LogP contribution in [-0.4, -0.2) is 59.3 Å². The minimum Gasteiger partial charge on any atom is -0.478 e. The van der Waals surface area contributed by atoms with E-state index in [0.29, 0.717) is 5.56 Å². The quantitative estimate of drug-likeness (QED) is 0.674. The second-order valence-corrected chi connectivity index (χ2v) is 6.68. The van der Waals surface area contributed by atoms with Gasteiger partial charge in [-0.2, -0.15) is 4.31 Å². The Morgan fingerprint density at radius 3 is 2.10 bits per heavy atom. The Bertz CT molecular complexity index is 587. The number of carbonyl (C=O) groups is 1. The van der Waals surface area contributed by atoms with E-state index in [4.69, 9.17) is 5.11 Å². The summed E-state index contributed by atoms with van der Waals surface area (Å²) in [6.07, 6.45) is -2.14. The highest BCUT2D eigenvalue weighted by molar-refractivity contribution is 7.88. The molecule has 2 unspecified atom stereocenters. The minimum absolute atomic E-state index is 0.0816. The van der Waals surface area contributed by atoms with Crippen LogP contribution in [-0.2, 0) is 15.8 Å². The molecule has 8 heteroatoms. The molecule has 0 radical (unpaired) electrons. The Hall–Kier alpha value is -1.48. The van der Waals surface area contributed by atoms with Crippen LogP contribution in [0, 0.1) is 0 Å². The molecule has 0 aliphatic carbocycles. The van der Waals surface area contributed by atoms with Crippen LogP contribution in [0.25, 0.3) is 0 Å². The molecule has 0 aromatic heterocycles. The summed E-state index contributed by atoms with van der Waals surface area (Å²) in [4.78, 5) is 10.7. The number of aromatic carboxylic acids is 1. The molecule has 0 spiro atoms. The number of hydrogen-bond acceptors (Lipinski definition) is 5. The third-order valence-corrected chi connectivity index (χ3v) is 4.95. The first-order valence-electron chi connectivity index (χ1n) is 5.96. The predicted molar refractivity (Wildman–Crippen MR) is 69.6 cm³/mol. The molecule has 7 nitrogen and oxygen atoms in total. The molecule has 0 saturated carbocycles. The lowest BCUT2D eigenvalue weighted by Crippen LogP contribution is -2.31. The second kappa shape index (κ2) is 5.49. The average Bonchev–Trinajstić information content (AvgIpc) is 2.71. The summed E-state index contributed by atoms with van der Waals surface area (Å²) in [5.41, 5.74) is 0.532. The zero-order chi connectivity index (χ0) is 14.9. The van der Waals surface area contributed by atoms with E-state index < -0.39 is 28.2 Å². The van der Waals surface area contributed by atoms with Gasteiger partial charge in [-0.15, -0.1) is 0 Å². The number of nitrogens with zero attached hydrogens (tertiary/aromatic N) is 1. The molecule has 2 rings (SSSR count). The number of hydrogen-bond donors (Lipinski definition) is 3. The van der Waals surface area contributed by atoms with Crippen molar-refractivity contribution in [3.63, 3.8) is 0 Å². The van der Waals surface area contributed by atoms with Crippen molar-refractivity contribution in [2.45, 2.75) is 18.0 Å². The molecule has 1 saturated heterocycles. The van der Waals surface area contributed by atoms with Crippen LogP contribution in [0.5, 0.6) is 0 Å². The van der Waals surface area contributed by atoms with Gasteiger partial charge in [0.1, 0.15) is 0 Å². The number of β-amino-alcohol motifs (C(OH)–C–C–N with tert-alkyl or cyclic N) is 2. The van der Waals surface area contributed by atoms with Gasteiger partial charge >= 0.3 is 5.97 Å². The van der Waals surface area contributed by atoms with Crippen LogP contribution in [0.4, 0.5) is 0 Å². The summed E-state index contributed by atoms with van der Waals surface area (Å²) >= 11 is 0. The van der Waals surface area contributed by atoms with E-state index in [-0.39, 0.29) is 24.4 Å². The second-order valence-electron chi connectivity index (χ2n) is 4.71.